The molecule has 1 N–H and O–H groups in total. The third-order valence-corrected chi connectivity index (χ3v) is 4.07. The minimum atomic E-state index is -1.25. The highest BCUT2D eigenvalue weighted by atomic mass is 19.1. The number of carboxylic acids is 1. The average molecular weight is 280 g/mol. The van der Waals surface area contributed by atoms with Gasteiger partial charge < -0.3 is 9.84 Å². The molecule has 0 amide bonds. The maximum atomic E-state index is 13.9. The summed E-state index contributed by atoms with van der Waals surface area (Å²) < 4.78 is 19.7. The van der Waals surface area contributed by atoms with Gasteiger partial charge in [0, 0.05) is 5.56 Å². The van der Waals surface area contributed by atoms with E-state index < -0.39 is 11.8 Å². The molecule has 0 radical (unpaired) electrons. The standard InChI is InChI=1S/C16H21FO3/c1-16(2)8-6-12(7-9-16)20-10-11-4-3-5-13(14(11)17)15(18)19/h3-5,12H,6-10H2,1-2H3,(H,18,19). The van der Waals surface area contributed by atoms with Crippen molar-refractivity contribution in [3.63, 3.8) is 0 Å². The summed E-state index contributed by atoms with van der Waals surface area (Å²) in [5.41, 5.74) is 0.388. The third-order valence-electron chi connectivity index (χ3n) is 4.07. The zero-order valence-corrected chi connectivity index (χ0v) is 12.0. The lowest BCUT2D eigenvalue weighted by Crippen LogP contribution is -2.26. The maximum absolute atomic E-state index is 13.9. The van der Waals surface area contributed by atoms with Gasteiger partial charge in [0.1, 0.15) is 5.82 Å². The first-order chi connectivity index (χ1) is 9.39. The summed E-state index contributed by atoms with van der Waals surface area (Å²) in [7, 11) is 0. The second-order valence-corrected chi connectivity index (χ2v) is 6.26. The van der Waals surface area contributed by atoms with E-state index in [9.17, 15) is 9.18 Å². The number of rotatable bonds is 4. The van der Waals surface area contributed by atoms with Gasteiger partial charge in [-0.2, -0.15) is 0 Å². The first-order valence-electron chi connectivity index (χ1n) is 7.01. The molecule has 1 aromatic rings. The number of halogens is 1. The van der Waals surface area contributed by atoms with Crippen LogP contribution in [0.15, 0.2) is 18.2 Å². The fraction of sp³-hybridized carbons (Fsp3) is 0.562. The van der Waals surface area contributed by atoms with Gasteiger partial charge in [0.05, 0.1) is 18.3 Å². The lowest BCUT2D eigenvalue weighted by molar-refractivity contribution is -0.00664. The van der Waals surface area contributed by atoms with E-state index in [0.717, 1.165) is 25.7 Å². The van der Waals surface area contributed by atoms with Crippen molar-refractivity contribution < 1.29 is 19.0 Å². The van der Waals surface area contributed by atoms with Crippen LogP contribution in [-0.4, -0.2) is 17.2 Å². The second-order valence-electron chi connectivity index (χ2n) is 6.26. The van der Waals surface area contributed by atoms with E-state index >= 15 is 0 Å². The summed E-state index contributed by atoms with van der Waals surface area (Å²) in [5, 5.41) is 8.88. The van der Waals surface area contributed by atoms with E-state index in [1.807, 2.05) is 0 Å². The highest BCUT2D eigenvalue weighted by molar-refractivity contribution is 5.88. The maximum Gasteiger partial charge on any atom is 0.338 e. The molecule has 2 rings (SSSR count). The number of carboxylic acid groups (broad SMARTS) is 1. The van der Waals surface area contributed by atoms with E-state index in [2.05, 4.69) is 13.8 Å². The van der Waals surface area contributed by atoms with Crippen LogP contribution in [0, 0.1) is 11.2 Å². The van der Waals surface area contributed by atoms with Gasteiger partial charge in [-0.15, -0.1) is 0 Å². The van der Waals surface area contributed by atoms with Crippen LogP contribution in [0.5, 0.6) is 0 Å². The molecule has 1 saturated carbocycles. The Labute approximate surface area is 118 Å². The lowest BCUT2D eigenvalue weighted by atomic mass is 9.76. The van der Waals surface area contributed by atoms with Gasteiger partial charge in [-0.25, -0.2) is 9.18 Å². The SMILES string of the molecule is CC1(C)CCC(OCc2cccc(C(=O)O)c2F)CC1. The highest BCUT2D eigenvalue weighted by Gasteiger charge is 2.27. The van der Waals surface area contributed by atoms with E-state index in [0.29, 0.717) is 11.0 Å². The molecule has 0 atom stereocenters. The molecular formula is C16H21FO3. The van der Waals surface area contributed by atoms with Crippen LogP contribution in [0.2, 0.25) is 0 Å². The van der Waals surface area contributed by atoms with Crippen LogP contribution in [0.3, 0.4) is 0 Å². The molecule has 0 heterocycles. The molecule has 1 aliphatic carbocycles. The van der Waals surface area contributed by atoms with Gasteiger partial charge in [0.25, 0.3) is 0 Å². The molecule has 1 aromatic carbocycles. The zero-order chi connectivity index (χ0) is 14.8. The molecule has 0 unspecified atom stereocenters. The van der Waals surface area contributed by atoms with Crippen molar-refractivity contribution in [2.24, 2.45) is 5.41 Å². The van der Waals surface area contributed by atoms with Crippen molar-refractivity contribution >= 4 is 5.97 Å². The van der Waals surface area contributed by atoms with Crippen molar-refractivity contribution in [3.8, 4) is 0 Å². The minimum absolute atomic E-state index is 0.137. The van der Waals surface area contributed by atoms with Crippen molar-refractivity contribution in [2.45, 2.75) is 52.2 Å². The van der Waals surface area contributed by atoms with Crippen LogP contribution >= 0.6 is 0 Å². The van der Waals surface area contributed by atoms with Gasteiger partial charge in [-0.05, 0) is 37.2 Å². The number of hydrogen-bond acceptors (Lipinski definition) is 2. The van der Waals surface area contributed by atoms with E-state index in [-0.39, 0.29) is 18.3 Å². The van der Waals surface area contributed by atoms with Gasteiger partial charge in [-0.3, -0.25) is 0 Å². The molecule has 1 fully saturated rings. The van der Waals surface area contributed by atoms with E-state index in [1.165, 1.54) is 6.07 Å². The molecule has 0 spiro atoms. The molecule has 0 aromatic heterocycles. The number of aromatic carboxylic acids is 1. The van der Waals surface area contributed by atoms with Gasteiger partial charge in [0.15, 0.2) is 0 Å². The quantitative estimate of drug-likeness (QED) is 0.906. The topological polar surface area (TPSA) is 46.5 Å². The molecule has 0 saturated heterocycles. The predicted molar refractivity (Wildman–Crippen MR) is 74.2 cm³/mol. The van der Waals surface area contributed by atoms with Crippen LogP contribution < -0.4 is 0 Å². The first-order valence-corrected chi connectivity index (χ1v) is 7.01. The Kier molecular flexibility index (Phi) is 4.43. The van der Waals surface area contributed by atoms with Gasteiger partial charge in [-0.1, -0.05) is 26.0 Å². The predicted octanol–water partition coefficient (Wildman–Crippen LogP) is 4.01. The normalized spacial score (nSPS) is 18.9. The summed E-state index contributed by atoms with van der Waals surface area (Å²) in [4.78, 5) is 10.9. The lowest BCUT2D eigenvalue weighted by Gasteiger charge is -2.34. The Balaban J connectivity index is 1.95. The van der Waals surface area contributed by atoms with Gasteiger partial charge in [0.2, 0.25) is 0 Å². The molecule has 20 heavy (non-hydrogen) atoms. The molecule has 4 heteroatoms. The summed E-state index contributed by atoms with van der Waals surface area (Å²) in [5.74, 6) is -1.93. The molecule has 1 aliphatic rings. The van der Waals surface area contributed by atoms with Crippen LogP contribution in [0.4, 0.5) is 4.39 Å². The third kappa shape index (κ3) is 3.57. The summed E-state index contributed by atoms with van der Waals surface area (Å²) in [6.07, 6.45) is 4.32. The van der Waals surface area contributed by atoms with E-state index in [4.69, 9.17) is 9.84 Å². The number of ether oxygens (including phenoxy) is 1. The van der Waals surface area contributed by atoms with Crippen molar-refractivity contribution in [3.05, 3.63) is 35.1 Å². The molecule has 3 nitrogen and oxygen atoms in total. The fourth-order valence-corrected chi connectivity index (χ4v) is 2.60. The Morgan fingerprint density at radius 3 is 2.65 bits per heavy atom. The number of carbonyl (C=O) groups is 1. The summed E-state index contributed by atoms with van der Waals surface area (Å²) >= 11 is 0. The Morgan fingerprint density at radius 2 is 2.05 bits per heavy atom. The Morgan fingerprint density at radius 1 is 1.40 bits per heavy atom. The van der Waals surface area contributed by atoms with Crippen LogP contribution in [0.1, 0.15) is 55.5 Å². The summed E-state index contributed by atoms with van der Waals surface area (Å²) in [6, 6.07) is 4.40. The minimum Gasteiger partial charge on any atom is -0.478 e. The molecular weight excluding hydrogens is 259 g/mol. The van der Waals surface area contributed by atoms with E-state index in [1.54, 1.807) is 12.1 Å². The fourth-order valence-electron chi connectivity index (χ4n) is 2.60. The highest BCUT2D eigenvalue weighted by Crippen LogP contribution is 2.36. The number of hydrogen-bond donors (Lipinski definition) is 1. The second kappa shape index (κ2) is 5.92. The molecule has 0 aliphatic heterocycles. The largest absolute Gasteiger partial charge is 0.478 e. The Bertz CT molecular complexity index is 486. The Hall–Kier alpha value is -1.42. The summed E-state index contributed by atoms with van der Waals surface area (Å²) in [6.45, 7) is 4.64. The van der Waals surface area contributed by atoms with Gasteiger partial charge >= 0.3 is 5.97 Å². The van der Waals surface area contributed by atoms with Crippen molar-refractivity contribution in [2.75, 3.05) is 0 Å². The number of benzene rings is 1. The molecule has 0 bridgehead atoms. The average Bonchev–Trinajstić information content (AvgIpc) is 2.38. The van der Waals surface area contributed by atoms with Crippen molar-refractivity contribution in [1.82, 2.24) is 0 Å². The van der Waals surface area contributed by atoms with Crippen molar-refractivity contribution in [1.29, 1.82) is 0 Å². The monoisotopic (exact) mass is 280 g/mol. The van der Waals surface area contributed by atoms with Crippen LogP contribution in [0.25, 0.3) is 0 Å². The zero-order valence-electron chi connectivity index (χ0n) is 12.0. The first kappa shape index (κ1) is 15.0. The smallest absolute Gasteiger partial charge is 0.338 e. The van der Waals surface area contributed by atoms with Crippen LogP contribution in [-0.2, 0) is 11.3 Å². The molecule has 110 valence electrons.